The number of rotatable bonds is 10. The van der Waals surface area contributed by atoms with Crippen molar-refractivity contribution in [1.29, 1.82) is 0 Å². The average molecular weight is 521 g/mol. The third kappa shape index (κ3) is 5.12. The minimum atomic E-state index is -0.193. The molecular formula is C31H32N6O2. The molecule has 0 spiro atoms. The molecule has 1 aromatic carbocycles. The zero-order chi connectivity index (χ0) is 26.6. The maximum atomic E-state index is 12.9. The normalized spacial score (nSPS) is 17.4. The maximum absolute atomic E-state index is 12.9. The molecular weight excluding hydrogens is 488 g/mol. The van der Waals surface area contributed by atoms with E-state index < -0.39 is 0 Å². The van der Waals surface area contributed by atoms with Crippen molar-refractivity contribution in [3.05, 3.63) is 113 Å². The molecule has 0 saturated heterocycles. The Bertz CT molecular complexity index is 1400. The molecule has 4 aromatic rings. The van der Waals surface area contributed by atoms with Gasteiger partial charge in [-0.25, -0.2) is 4.98 Å². The van der Waals surface area contributed by atoms with Crippen molar-refractivity contribution in [3.63, 3.8) is 0 Å². The molecule has 8 nitrogen and oxygen atoms in total. The lowest BCUT2D eigenvalue weighted by Gasteiger charge is -2.39. The van der Waals surface area contributed by atoms with Gasteiger partial charge in [0.2, 0.25) is 0 Å². The van der Waals surface area contributed by atoms with Crippen molar-refractivity contribution in [3.8, 4) is 0 Å². The number of nitrogens with zero attached hydrogens (tertiary/aromatic N) is 5. The van der Waals surface area contributed by atoms with Crippen LogP contribution in [0.4, 0.5) is 0 Å². The summed E-state index contributed by atoms with van der Waals surface area (Å²) in [6.45, 7) is 1.19. The van der Waals surface area contributed by atoms with E-state index in [-0.39, 0.29) is 23.9 Å². The van der Waals surface area contributed by atoms with Crippen LogP contribution in [0.15, 0.2) is 79.4 Å². The minimum Gasteiger partial charge on any atom is -0.347 e. The van der Waals surface area contributed by atoms with Crippen molar-refractivity contribution in [1.82, 2.24) is 29.7 Å². The molecule has 1 aliphatic carbocycles. The molecule has 39 heavy (non-hydrogen) atoms. The van der Waals surface area contributed by atoms with Crippen molar-refractivity contribution in [2.75, 3.05) is 13.1 Å². The number of hydrogen-bond donors (Lipinski definition) is 1. The van der Waals surface area contributed by atoms with Crippen LogP contribution in [-0.2, 0) is 12.8 Å². The van der Waals surface area contributed by atoms with E-state index in [0.717, 1.165) is 55.9 Å². The highest BCUT2D eigenvalue weighted by Gasteiger charge is 2.36. The fraction of sp³-hybridized carbons (Fsp3) is 0.323. The molecule has 2 aliphatic rings. The molecule has 3 aromatic heterocycles. The van der Waals surface area contributed by atoms with Gasteiger partial charge in [-0.05, 0) is 74.5 Å². The summed E-state index contributed by atoms with van der Waals surface area (Å²) in [7, 11) is 0. The zero-order valence-electron chi connectivity index (χ0n) is 21.9. The van der Waals surface area contributed by atoms with Crippen molar-refractivity contribution in [2.45, 2.75) is 50.6 Å². The first-order chi connectivity index (χ1) is 19.2. The number of imidazole rings is 1. The van der Waals surface area contributed by atoms with Crippen LogP contribution in [0.3, 0.4) is 0 Å². The highest BCUT2D eigenvalue weighted by atomic mass is 16.2. The van der Waals surface area contributed by atoms with Gasteiger partial charge in [0.1, 0.15) is 5.82 Å². The number of hydrogen-bond acceptors (Lipinski definition) is 6. The molecule has 0 radical (unpaired) electrons. The Balaban J connectivity index is 1.24. The van der Waals surface area contributed by atoms with Crippen LogP contribution in [0.25, 0.3) is 0 Å². The van der Waals surface area contributed by atoms with Gasteiger partial charge in [-0.15, -0.1) is 0 Å². The van der Waals surface area contributed by atoms with Crippen LogP contribution in [0.2, 0.25) is 0 Å². The summed E-state index contributed by atoms with van der Waals surface area (Å²) in [5.41, 5.74) is 4.46. The molecule has 0 bridgehead atoms. The number of aryl methyl sites for hydroxylation is 1. The SMILES string of the molecule is O=C1c2ccccc2C(=O)N1CCCCN(C(Cc1ccccn1)c1ncc[nH]1)C1CCCc2cccnc21. The average Bonchev–Trinajstić information content (AvgIpc) is 3.60. The Morgan fingerprint density at radius 3 is 2.44 bits per heavy atom. The maximum Gasteiger partial charge on any atom is 0.261 e. The van der Waals surface area contributed by atoms with E-state index in [0.29, 0.717) is 24.1 Å². The minimum absolute atomic E-state index is 0.0211. The number of fused-ring (bicyclic) bond motifs is 2. The van der Waals surface area contributed by atoms with E-state index >= 15 is 0 Å². The summed E-state index contributed by atoms with van der Waals surface area (Å²) in [5.74, 6) is 0.520. The van der Waals surface area contributed by atoms with E-state index in [1.165, 1.54) is 10.5 Å². The van der Waals surface area contributed by atoms with E-state index in [1.54, 1.807) is 30.5 Å². The van der Waals surface area contributed by atoms with Gasteiger partial charge in [0.05, 0.1) is 28.9 Å². The first-order valence-corrected chi connectivity index (χ1v) is 13.7. The summed E-state index contributed by atoms with van der Waals surface area (Å²) in [5, 5.41) is 0. The van der Waals surface area contributed by atoms with E-state index in [1.807, 2.05) is 36.8 Å². The quantitative estimate of drug-likeness (QED) is 0.235. The molecule has 2 unspecified atom stereocenters. The second-order valence-corrected chi connectivity index (χ2v) is 10.2. The number of benzene rings is 1. The third-order valence-corrected chi connectivity index (χ3v) is 7.86. The Morgan fingerprint density at radius 1 is 0.897 bits per heavy atom. The molecule has 1 N–H and O–H groups in total. The highest BCUT2D eigenvalue weighted by molar-refractivity contribution is 6.21. The summed E-state index contributed by atoms with van der Waals surface area (Å²) in [4.78, 5) is 47.1. The molecule has 6 rings (SSSR count). The van der Waals surface area contributed by atoms with Gasteiger partial charge < -0.3 is 4.98 Å². The predicted octanol–water partition coefficient (Wildman–Crippen LogP) is 4.94. The zero-order valence-corrected chi connectivity index (χ0v) is 21.9. The standard InChI is InChI=1S/C31H32N6O2/c38-30-24-12-1-2-13-25(24)31(39)37(30)20-6-5-19-36(26-14-7-9-22-10-8-16-33-28(22)26)27(29-34-17-18-35-29)21-23-11-3-4-15-32-23/h1-4,8,10-13,15-18,26-27H,5-7,9,14,19-21H2,(H,34,35). The topological polar surface area (TPSA) is 95.1 Å². The first-order valence-electron chi connectivity index (χ1n) is 13.7. The molecule has 4 heterocycles. The van der Waals surface area contributed by atoms with E-state index in [9.17, 15) is 9.59 Å². The number of imide groups is 1. The lowest BCUT2D eigenvalue weighted by molar-refractivity contribution is 0.0643. The molecule has 0 fully saturated rings. The fourth-order valence-corrected chi connectivity index (χ4v) is 5.99. The molecule has 2 atom stereocenters. The third-order valence-electron chi connectivity index (χ3n) is 7.86. The monoisotopic (exact) mass is 520 g/mol. The Hall–Kier alpha value is -4.17. The van der Waals surface area contributed by atoms with Crippen LogP contribution in [0.5, 0.6) is 0 Å². The molecule has 8 heteroatoms. The number of carbonyl (C=O) groups is 2. The number of aromatic amines is 1. The van der Waals surface area contributed by atoms with Crippen LogP contribution in [-0.4, -0.2) is 54.6 Å². The van der Waals surface area contributed by atoms with Crippen LogP contribution >= 0.6 is 0 Å². The van der Waals surface area contributed by atoms with Crippen LogP contribution in [0, 0.1) is 0 Å². The fourth-order valence-electron chi connectivity index (χ4n) is 5.99. The lowest BCUT2D eigenvalue weighted by Crippen LogP contribution is -2.38. The Morgan fingerprint density at radius 2 is 1.69 bits per heavy atom. The van der Waals surface area contributed by atoms with Crippen LogP contribution in [0.1, 0.15) is 81.3 Å². The number of amides is 2. The van der Waals surface area contributed by atoms with Crippen molar-refractivity contribution in [2.24, 2.45) is 0 Å². The number of H-pyrrole nitrogens is 1. The van der Waals surface area contributed by atoms with E-state index in [4.69, 9.17) is 4.98 Å². The lowest BCUT2D eigenvalue weighted by atomic mass is 9.89. The number of unbranched alkanes of at least 4 members (excludes halogenated alkanes) is 1. The Kier molecular flexibility index (Phi) is 7.27. The second kappa shape index (κ2) is 11.3. The molecule has 198 valence electrons. The predicted molar refractivity (Wildman–Crippen MR) is 147 cm³/mol. The van der Waals surface area contributed by atoms with Gasteiger partial charge in [0, 0.05) is 43.4 Å². The largest absolute Gasteiger partial charge is 0.347 e. The summed E-state index contributed by atoms with van der Waals surface area (Å²) in [6, 6.07) is 17.4. The van der Waals surface area contributed by atoms with E-state index in [2.05, 4.69) is 32.0 Å². The van der Waals surface area contributed by atoms with Gasteiger partial charge in [-0.3, -0.25) is 29.4 Å². The smallest absolute Gasteiger partial charge is 0.261 e. The summed E-state index contributed by atoms with van der Waals surface area (Å²) >= 11 is 0. The summed E-state index contributed by atoms with van der Waals surface area (Å²) in [6.07, 6.45) is 12.8. The number of pyridine rings is 2. The number of aromatic nitrogens is 4. The van der Waals surface area contributed by atoms with Crippen molar-refractivity contribution >= 4 is 11.8 Å². The summed E-state index contributed by atoms with van der Waals surface area (Å²) < 4.78 is 0. The van der Waals surface area contributed by atoms with Gasteiger partial charge >= 0.3 is 0 Å². The molecule has 1 aliphatic heterocycles. The number of nitrogens with one attached hydrogen (secondary N) is 1. The second-order valence-electron chi connectivity index (χ2n) is 10.2. The first kappa shape index (κ1) is 25.1. The van der Waals surface area contributed by atoms with Gasteiger partial charge in [0.25, 0.3) is 11.8 Å². The number of carbonyl (C=O) groups excluding carboxylic acids is 2. The highest BCUT2D eigenvalue weighted by Crippen LogP contribution is 2.38. The van der Waals surface area contributed by atoms with Gasteiger partial charge in [-0.2, -0.15) is 0 Å². The molecule has 0 saturated carbocycles. The Labute approximate surface area is 228 Å². The van der Waals surface area contributed by atoms with Gasteiger partial charge in [0.15, 0.2) is 0 Å². The molecule has 2 amide bonds. The van der Waals surface area contributed by atoms with Crippen LogP contribution < -0.4 is 0 Å². The van der Waals surface area contributed by atoms with Crippen molar-refractivity contribution < 1.29 is 9.59 Å². The van der Waals surface area contributed by atoms with Gasteiger partial charge in [-0.1, -0.05) is 24.3 Å².